The maximum atomic E-state index is 14.0. The number of nitrogens with zero attached hydrogens (tertiary/aromatic N) is 2. The minimum absolute atomic E-state index is 0.0796. The molecule has 0 aliphatic rings. The highest BCUT2D eigenvalue weighted by atomic mass is 35.5. The van der Waals surface area contributed by atoms with E-state index >= 15 is 0 Å². The Balaban J connectivity index is 1.95. The molecule has 1 aromatic heterocycles. The molecule has 3 rings (SSSR count). The molecule has 0 bridgehead atoms. The number of amides is 1. The van der Waals surface area contributed by atoms with Gasteiger partial charge < -0.3 is 4.74 Å². The molecular formula is C18H14ClF2N3O4S. The minimum Gasteiger partial charge on any atom is -0.497 e. The van der Waals surface area contributed by atoms with Crippen LogP contribution in [0, 0.1) is 18.6 Å². The molecule has 11 heteroatoms. The number of imidazole rings is 1. The number of aromatic nitrogens is 2. The predicted molar refractivity (Wildman–Crippen MR) is 101 cm³/mol. The number of nitrogens with one attached hydrogen (secondary N) is 1. The Morgan fingerprint density at radius 2 is 1.86 bits per heavy atom. The largest absolute Gasteiger partial charge is 0.497 e. The number of carbonyl (C=O) groups excluding carboxylic acids is 1. The maximum Gasteiger partial charge on any atom is 0.285 e. The molecule has 0 unspecified atom stereocenters. The summed E-state index contributed by atoms with van der Waals surface area (Å²) in [6, 6.07) is 7.20. The summed E-state index contributed by atoms with van der Waals surface area (Å²) in [6.07, 6.45) is 1.04. The smallest absolute Gasteiger partial charge is 0.285 e. The molecule has 152 valence electrons. The molecule has 29 heavy (non-hydrogen) atoms. The molecule has 0 atom stereocenters. The summed E-state index contributed by atoms with van der Waals surface area (Å²) in [7, 11) is -3.02. The standard InChI is InChI=1S/C18H14ClF2N3O4S/c1-10-22-15(9-24(10)17-13(20)4-3-5-14(17)21)18(25)23-29(26,27)16-8-11(28-2)6-7-12(16)19/h3-9H,1-2H3,(H,23,25). The monoisotopic (exact) mass is 441 g/mol. The highest BCUT2D eigenvalue weighted by Crippen LogP contribution is 2.26. The molecular weight excluding hydrogens is 428 g/mol. The van der Waals surface area contributed by atoms with E-state index in [1.54, 1.807) is 0 Å². The van der Waals surface area contributed by atoms with Crippen molar-refractivity contribution >= 4 is 27.5 Å². The molecule has 1 N–H and O–H groups in total. The molecule has 1 amide bonds. The summed E-state index contributed by atoms with van der Waals surface area (Å²) < 4.78 is 61.0. The number of hydrogen-bond donors (Lipinski definition) is 1. The van der Waals surface area contributed by atoms with Crippen LogP contribution >= 0.6 is 11.6 Å². The molecule has 2 aromatic carbocycles. The molecule has 0 saturated carbocycles. The van der Waals surface area contributed by atoms with Gasteiger partial charge in [0.15, 0.2) is 0 Å². The topological polar surface area (TPSA) is 90.3 Å². The van der Waals surface area contributed by atoms with Crippen LogP contribution in [0.25, 0.3) is 5.69 Å². The van der Waals surface area contributed by atoms with Crippen molar-refractivity contribution in [1.29, 1.82) is 0 Å². The number of aryl methyl sites for hydroxylation is 1. The van der Waals surface area contributed by atoms with E-state index in [9.17, 15) is 22.0 Å². The fraction of sp³-hybridized carbons (Fsp3) is 0.111. The number of halogens is 3. The van der Waals surface area contributed by atoms with Gasteiger partial charge in [-0.3, -0.25) is 9.36 Å². The van der Waals surface area contributed by atoms with Crippen molar-refractivity contribution in [3.8, 4) is 11.4 Å². The highest BCUT2D eigenvalue weighted by Gasteiger charge is 2.25. The van der Waals surface area contributed by atoms with Crippen LogP contribution in [0.2, 0.25) is 5.02 Å². The van der Waals surface area contributed by atoms with Crippen LogP contribution in [0.15, 0.2) is 47.5 Å². The summed E-state index contributed by atoms with van der Waals surface area (Å²) in [5.74, 6) is -2.53. The Morgan fingerprint density at radius 1 is 1.21 bits per heavy atom. The Bertz CT molecular complexity index is 1190. The van der Waals surface area contributed by atoms with Crippen molar-refractivity contribution in [1.82, 2.24) is 14.3 Å². The van der Waals surface area contributed by atoms with Crippen LogP contribution in [0.4, 0.5) is 8.78 Å². The van der Waals surface area contributed by atoms with E-state index < -0.39 is 33.3 Å². The van der Waals surface area contributed by atoms with Crippen molar-refractivity contribution in [2.24, 2.45) is 0 Å². The van der Waals surface area contributed by atoms with E-state index in [0.717, 1.165) is 29.0 Å². The van der Waals surface area contributed by atoms with Gasteiger partial charge in [-0.15, -0.1) is 0 Å². The lowest BCUT2D eigenvalue weighted by molar-refractivity contribution is 0.0977. The lowest BCUT2D eigenvalue weighted by atomic mass is 10.3. The third-order valence-corrected chi connectivity index (χ3v) is 5.76. The first-order chi connectivity index (χ1) is 13.6. The van der Waals surface area contributed by atoms with Crippen LogP contribution in [0.3, 0.4) is 0 Å². The molecule has 0 radical (unpaired) electrons. The average Bonchev–Trinajstić information content (AvgIpc) is 3.03. The van der Waals surface area contributed by atoms with Crippen LogP contribution < -0.4 is 9.46 Å². The van der Waals surface area contributed by atoms with E-state index in [4.69, 9.17) is 16.3 Å². The molecule has 1 heterocycles. The van der Waals surface area contributed by atoms with Crippen molar-refractivity contribution < 1.29 is 26.7 Å². The SMILES string of the molecule is COc1ccc(Cl)c(S(=O)(=O)NC(=O)c2cn(-c3c(F)cccc3F)c(C)n2)c1. The number of para-hydroxylation sites is 1. The van der Waals surface area contributed by atoms with Crippen molar-refractivity contribution in [2.75, 3.05) is 7.11 Å². The predicted octanol–water partition coefficient (Wildman–Crippen LogP) is 3.24. The van der Waals surface area contributed by atoms with E-state index in [1.165, 1.54) is 32.2 Å². The van der Waals surface area contributed by atoms with E-state index in [-0.39, 0.29) is 27.2 Å². The number of rotatable bonds is 5. The normalized spacial score (nSPS) is 11.3. The minimum atomic E-state index is -4.36. The Labute approximate surface area is 169 Å². The van der Waals surface area contributed by atoms with Gasteiger partial charge in [-0.25, -0.2) is 26.9 Å². The number of carbonyl (C=O) groups is 1. The molecule has 7 nitrogen and oxygen atoms in total. The lowest BCUT2D eigenvalue weighted by Gasteiger charge is -2.09. The summed E-state index contributed by atoms with van der Waals surface area (Å²) in [5.41, 5.74) is -0.789. The van der Waals surface area contributed by atoms with Gasteiger partial charge in [0.25, 0.3) is 15.9 Å². The fourth-order valence-corrected chi connectivity index (χ4v) is 4.05. The first-order valence-electron chi connectivity index (χ1n) is 8.05. The summed E-state index contributed by atoms with van der Waals surface area (Å²) in [4.78, 5) is 16.0. The van der Waals surface area contributed by atoms with Gasteiger partial charge in [-0.1, -0.05) is 17.7 Å². The number of methoxy groups -OCH3 is 1. The van der Waals surface area contributed by atoms with Gasteiger partial charge in [0, 0.05) is 12.3 Å². The van der Waals surface area contributed by atoms with Crippen molar-refractivity contribution in [2.45, 2.75) is 11.8 Å². The third kappa shape index (κ3) is 4.08. The van der Waals surface area contributed by atoms with Gasteiger partial charge in [-0.2, -0.15) is 0 Å². The van der Waals surface area contributed by atoms with Crippen LogP contribution in [-0.4, -0.2) is 31.0 Å². The zero-order valence-electron chi connectivity index (χ0n) is 15.1. The van der Waals surface area contributed by atoms with Gasteiger partial charge in [0.2, 0.25) is 0 Å². The zero-order valence-corrected chi connectivity index (χ0v) is 16.7. The lowest BCUT2D eigenvalue weighted by Crippen LogP contribution is -2.31. The van der Waals surface area contributed by atoms with Crippen LogP contribution in [0.1, 0.15) is 16.3 Å². The maximum absolute atomic E-state index is 14.0. The van der Waals surface area contributed by atoms with E-state index in [0.29, 0.717) is 0 Å². The molecule has 3 aromatic rings. The van der Waals surface area contributed by atoms with E-state index in [2.05, 4.69) is 4.98 Å². The summed E-state index contributed by atoms with van der Waals surface area (Å²) in [5, 5.41) is -0.124. The van der Waals surface area contributed by atoms with Gasteiger partial charge >= 0.3 is 0 Å². The van der Waals surface area contributed by atoms with Crippen LogP contribution in [0.5, 0.6) is 5.75 Å². The van der Waals surface area contributed by atoms with Crippen molar-refractivity contribution in [3.05, 3.63) is 70.8 Å². The first kappa shape index (κ1) is 20.7. The number of sulfonamides is 1. The first-order valence-corrected chi connectivity index (χ1v) is 9.91. The number of ether oxygens (including phenoxy) is 1. The van der Waals surface area contributed by atoms with Gasteiger partial charge in [0.1, 0.15) is 39.5 Å². The Hall–Kier alpha value is -2.98. The number of benzene rings is 2. The second-order valence-corrected chi connectivity index (χ2v) is 7.90. The second kappa shape index (κ2) is 7.80. The second-order valence-electron chi connectivity index (χ2n) is 5.84. The quantitative estimate of drug-likeness (QED) is 0.656. The molecule has 0 saturated heterocycles. The van der Waals surface area contributed by atoms with Crippen molar-refractivity contribution in [3.63, 3.8) is 0 Å². The summed E-state index contributed by atoms with van der Waals surface area (Å²) >= 11 is 5.92. The zero-order chi connectivity index (χ0) is 21.3. The fourth-order valence-electron chi connectivity index (χ4n) is 2.57. The summed E-state index contributed by atoms with van der Waals surface area (Å²) in [6.45, 7) is 1.41. The molecule has 0 aliphatic carbocycles. The Morgan fingerprint density at radius 3 is 2.48 bits per heavy atom. The van der Waals surface area contributed by atoms with Gasteiger partial charge in [0.05, 0.1) is 12.1 Å². The molecule has 0 spiro atoms. The molecule has 0 fully saturated rings. The highest BCUT2D eigenvalue weighted by molar-refractivity contribution is 7.90. The third-order valence-electron chi connectivity index (χ3n) is 3.95. The number of hydrogen-bond acceptors (Lipinski definition) is 5. The molecule has 0 aliphatic heterocycles. The Kier molecular flexibility index (Phi) is 5.58. The van der Waals surface area contributed by atoms with Crippen LogP contribution in [-0.2, 0) is 10.0 Å². The van der Waals surface area contributed by atoms with E-state index in [1.807, 2.05) is 4.72 Å². The van der Waals surface area contributed by atoms with Gasteiger partial charge in [-0.05, 0) is 31.2 Å². The average molecular weight is 442 g/mol.